The van der Waals surface area contributed by atoms with Crippen LogP contribution in [0.5, 0.6) is 0 Å². The minimum absolute atomic E-state index is 0.315. The fourth-order valence-corrected chi connectivity index (χ4v) is 3.60. The van der Waals surface area contributed by atoms with Gasteiger partial charge in [0, 0.05) is 19.1 Å². The van der Waals surface area contributed by atoms with Crippen LogP contribution in [0, 0.1) is 16.7 Å². The van der Waals surface area contributed by atoms with Gasteiger partial charge in [-0.15, -0.1) is 0 Å². The van der Waals surface area contributed by atoms with E-state index in [1.54, 1.807) is 0 Å². The second-order valence-corrected chi connectivity index (χ2v) is 6.72. The molecule has 2 heteroatoms. The van der Waals surface area contributed by atoms with Crippen molar-refractivity contribution in [2.75, 3.05) is 20.1 Å². The van der Waals surface area contributed by atoms with E-state index >= 15 is 0 Å². The molecule has 2 N–H and O–H groups in total. The Bertz CT molecular complexity index is 239. The second kappa shape index (κ2) is 3.46. The van der Waals surface area contributed by atoms with Crippen molar-refractivity contribution in [3.05, 3.63) is 0 Å². The Labute approximate surface area is 94.2 Å². The summed E-state index contributed by atoms with van der Waals surface area (Å²) < 4.78 is 0. The van der Waals surface area contributed by atoms with Crippen LogP contribution in [0.25, 0.3) is 0 Å². The van der Waals surface area contributed by atoms with Crippen molar-refractivity contribution in [1.29, 1.82) is 0 Å². The minimum Gasteiger partial charge on any atom is -0.327 e. The normalized spacial score (nSPS) is 33.0. The topological polar surface area (TPSA) is 29.3 Å². The van der Waals surface area contributed by atoms with Crippen LogP contribution >= 0.6 is 0 Å². The molecule has 2 rings (SSSR count). The number of rotatable bonds is 2. The molecule has 1 saturated heterocycles. The van der Waals surface area contributed by atoms with E-state index in [2.05, 4.69) is 32.7 Å². The van der Waals surface area contributed by atoms with Gasteiger partial charge < -0.3 is 10.6 Å². The van der Waals surface area contributed by atoms with Crippen molar-refractivity contribution in [3.63, 3.8) is 0 Å². The largest absolute Gasteiger partial charge is 0.327 e. The first kappa shape index (κ1) is 11.4. The van der Waals surface area contributed by atoms with Crippen molar-refractivity contribution >= 4 is 0 Å². The average molecular weight is 210 g/mol. The van der Waals surface area contributed by atoms with Gasteiger partial charge >= 0.3 is 0 Å². The first-order valence-electron chi connectivity index (χ1n) is 6.30. The summed E-state index contributed by atoms with van der Waals surface area (Å²) >= 11 is 0. The van der Waals surface area contributed by atoms with Gasteiger partial charge in [0.2, 0.25) is 0 Å². The van der Waals surface area contributed by atoms with E-state index in [0.717, 1.165) is 5.92 Å². The molecular weight excluding hydrogens is 184 g/mol. The Morgan fingerprint density at radius 3 is 2.47 bits per heavy atom. The molecule has 1 saturated carbocycles. The van der Waals surface area contributed by atoms with Crippen molar-refractivity contribution in [3.8, 4) is 0 Å². The lowest BCUT2D eigenvalue weighted by molar-refractivity contribution is 0.0169. The van der Waals surface area contributed by atoms with E-state index in [0.29, 0.717) is 16.9 Å². The van der Waals surface area contributed by atoms with Crippen molar-refractivity contribution < 1.29 is 0 Å². The first-order valence-corrected chi connectivity index (χ1v) is 6.30. The molecule has 0 bridgehead atoms. The molecular formula is C13H26N2. The molecule has 2 atom stereocenters. The monoisotopic (exact) mass is 210 g/mol. The summed E-state index contributed by atoms with van der Waals surface area (Å²) in [6.45, 7) is 9.50. The van der Waals surface area contributed by atoms with Crippen LogP contribution in [0.4, 0.5) is 0 Å². The molecule has 0 amide bonds. The number of hydrogen-bond donors (Lipinski definition) is 1. The number of nitrogens with zero attached hydrogens (tertiary/aromatic N) is 1. The molecule has 15 heavy (non-hydrogen) atoms. The molecule has 2 aliphatic rings. The summed E-state index contributed by atoms with van der Waals surface area (Å²) in [5, 5.41) is 0. The van der Waals surface area contributed by atoms with Crippen molar-refractivity contribution in [2.24, 2.45) is 22.5 Å². The molecule has 1 heterocycles. The average Bonchev–Trinajstić information content (AvgIpc) is 2.48. The van der Waals surface area contributed by atoms with E-state index in [-0.39, 0.29) is 0 Å². The quantitative estimate of drug-likeness (QED) is 0.756. The van der Waals surface area contributed by atoms with E-state index in [1.165, 1.54) is 32.4 Å². The zero-order chi connectivity index (χ0) is 11.3. The van der Waals surface area contributed by atoms with Crippen molar-refractivity contribution in [1.82, 2.24) is 4.90 Å². The number of nitrogens with two attached hydrogens (primary N) is 1. The smallest absolute Gasteiger partial charge is 0.00643 e. The highest BCUT2D eigenvalue weighted by Crippen LogP contribution is 2.53. The molecule has 2 nitrogen and oxygen atoms in total. The van der Waals surface area contributed by atoms with E-state index in [9.17, 15) is 0 Å². The summed E-state index contributed by atoms with van der Waals surface area (Å²) in [5.41, 5.74) is 7.10. The lowest BCUT2D eigenvalue weighted by Crippen LogP contribution is -2.53. The molecule has 0 aromatic heterocycles. The first-order chi connectivity index (χ1) is 6.86. The zero-order valence-corrected chi connectivity index (χ0v) is 10.7. The predicted octanol–water partition coefficient (Wildman–Crippen LogP) is 2.09. The lowest BCUT2D eigenvalue weighted by Gasteiger charge is -2.47. The van der Waals surface area contributed by atoms with Crippen LogP contribution in [0.2, 0.25) is 0 Å². The molecule has 2 fully saturated rings. The van der Waals surface area contributed by atoms with Crippen LogP contribution in [0.15, 0.2) is 0 Å². The third-order valence-corrected chi connectivity index (χ3v) is 5.14. The fraction of sp³-hybridized carbons (Fsp3) is 1.00. The Morgan fingerprint density at radius 2 is 2.00 bits per heavy atom. The van der Waals surface area contributed by atoms with Crippen LogP contribution in [-0.2, 0) is 0 Å². The summed E-state index contributed by atoms with van der Waals surface area (Å²) in [6.07, 6.45) is 4.23. The highest BCUT2D eigenvalue weighted by atomic mass is 15.2. The van der Waals surface area contributed by atoms with Gasteiger partial charge in [-0.3, -0.25) is 0 Å². The fourth-order valence-electron chi connectivity index (χ4n) is 3.60. The van der Waals surface area contributed by atoms with E-state index in [1.807, 2.05) is 0 Å². The molecule has 0 radical (unpaired) electrons. The highest BCUT2D eigenvalue weighted by molar-refractivity contribution is 5.03. The third-order valence-electron chi connectivity index (χ3n) is 5.14. The summed E-state index contributed by atoms with van der Waals surface area (Å²) in [5.74, 6) is 0.839. The standard InChI is InChI=1S/C13H26N2/c1-10(14)12(2,3)11-5-6-13(7-11)8-15(4)9-13/h10-11H,5-9,14H2,1-4H3. The lowest BCUT2D eigenvalue weighted by atomic mass is 9.70. The van der Waals surface area contributed by atoms with Crippen LogP contribution < -0.4 is 5.73 Å². The van der Waals surface area contributed by atoms with Gasteiger partial charge in [-0.25, -0.2) is 0 Å². The second-order valence-electron chi connectivity index (χ2n) is 6.72. The molecule has 1 aliphatic heterocycles. The van der Waals surface area contributed by atoms with Crippen LogP contribution in [0.3, 0.4) is 0 Å². The highest BCUT2D eigenvalue weighted by Gasteiger charge is 2.50. The van der Waals surface area contributed by atoms with Crippen LogP contribution in [-0.4, -0.2) is 31.1 Å². The predicted molar refractivity (Wildman–Crippen MR) is 64.7 cm³/mol. The molecule has 0 aromatic carbocycles. The summed E-state index contributed by atoms with van der Waals surface area (Å²) in [6, 6.07) is 0.315. The van der Waals surface area contributed by atoms with E-state index in [4.69, 9.17) is 5.73 Å². The molecule has 1 aliphatic carbocycles. The van der Waals surface area contributed by atoms with Gasteiger partial charge in [0.25, 0.3) is 0 Å². The Morgan fingerprint density at radius 1 is 1.40 bits per heavy atom. The van der Waals surface area contributed by atoms with Crippen LogP contribution in [0.1, 0.15) is 40.0 Å². The maximum absolute atomic E-state index is 6.11. The zero-order valence-electron chi connectivity index (χ0n) is 10.7. The molecule has 0 aromatic rings. The molecule has 1 spiro atoms. The number of hydrogen-bond acceptors (Lipinski definition) is 2. The Balaban J connectivity index is 1.98. The minimum atomic E-state index is 0.315. The number of likely N-dealkylation sites (tertiary alicyclic amines) is 1. The molecule has 2 unspecified atom stereocenters. The molecule has 88 valence electrons. The van der Waals surface area contributed by atoms with Gasteiger partial charge in [-0.2, -0.15) is 0 Å². The maximum atomic E-state index is 6.11. The van der Waals surface area contributed by atoms with Gasteiger partial charge in [-0.05, 0) is 50.0 Å². The van der Waals surface area contributed by atoms with E-state index < -0.39 is 0 Å². The van der Waals surface area contributed by atoms with Crippen molar-refractivity contribution in [2.45, 2.75) is 46.1 Å². The summed E-state index contributed by atoms with van der Waals surface area (Å²) in [7, 11) is 2.23. The van der Waals surface area contributed by atoms with Gasteiger partial charge in [0.05, 0.1) is 0 Å². The maximum Gasteiger partial charge on any atom is 0.00643 e. The van der Waals surface area contributed by atoms with Gasteiger partial charge in [0.15, 0.2) is 0 Å². The third kappa shape index (κ3) is 1.83. The SMILES string of the molecule is CC(N)C(C)(C)C1CCC2(C1)CN(C)C2. The Hall–Kier alpha value is -0.0800. The van der Waals surface area contributed by atoms with Gasteiger partial charge in [0.1, 0.15) is 0 Å². The van der Waals surface area contributed by atoms with Gasteiger partial charge in [-0.1, -0.05) is 13.8 Å². The Kier molecular flexibility index (Phi) is 2.63. The summed E-state index contributed by atoms with van der Waals surface area (Å²) in [4.78, 5) is 2.45.